The third-order valence-electron chi connectivity index (χ3n) is 4.40. The van der Waals surface area contributed by atoms with E-state index in [1.807, 2.05) is 55.5 Å². The molecule has 0 aliphatic carbocycles. The Bertz CT molecular complexity index is 1030. The fourth-order valence-corrected chi connectivity index (χ4v) is 3.04. The molecule has 1 atom stereocenters. The molecule has 29 heavy (non-hydrogen) atoms. The van der Waals surface area contributed by atoms with Crippen molar-refractivity contribution < 1.29 is 9.59 Å². The minimum Gasteiger partial charge on any atom is -0.345 e. The minimum absolute atomic E-state index is 0.160. The number of para-hydroxylation sites is 1. The Morgan fingerprint density at radius 1 is 0.897 bits per heavy atom. The Balaban J connectivity index is 1.70. The van der Waals surface area contributed by atoms with Crippen LogP contribution in [0.2, 0.25) is 5.02 Å². The second kappa shape index (κ2) is 9.71. The van der Waals surface area contributed by atoms with Gasteiger partial charge < -0.3 is 10.6 Å². The molecule has 146 valence electrons. The van der Waals surface area contributed by atoms with Gasteiger partial charge in [0, 0.05) is 11.1 Å². The minimum atomic E-state index is -0.346. The van der Waals surface area contributed by atoms with Crippen LogP contribution in [0.25, 0.3) is 6.08 Å². The fourth-order valence-electron chi connectivity index (χ4n) is 2.84. The number of carbonyl (C=O) groups is 2. The molecule has 0 saturated heterocycles. The van der Waals surface area contributed by atoms with E-state index in [0.29, 0.717) is 16.3 Å². The van der Waals surface area contributed by atoms with Gasteiger partial charge in [-0.3, -0.25) is 9.59 Å². The summed E-state index contributed by atoms with van der Waals surface area (Å²) < 4.78 is 0. The van der Waals surface area contributed by atoms with Crippen LogP contribution in [-0.2, 0) is 4.79 Å². The second-order valence-corrected chi connectivity index (χ2v) is 6.90. The van der Waals surface area contributed by atoms with Gasteiger partial charge in [-0.2, -0.15) is 0 Å². The molecule has 0 aliphatic rings. The lowest BCUT2D eigenvalue weighted by atomic mass is 10.1. The Morgan fingerprint density at radius 2 is 1.55 bits per heavy atom. The first-order chi connectivity index (χ1) is 14.0. The maximum atomic E-state index is 12.8. The van der Waals surface area contributed by atoms with Crippen molar-refractivity contribution in [3.63, 3.8) is 0 Å². The second-order valence-electron chi connectivity index (χ2n) is 6.50. The van der Waals surface area contributed by atoms with Gasteiger partial charge in [0.25, 0.3) is 5.91 Å². The Labute approximate surface area is 175 Å². The monoisotopic (exact) mass is 404 g/mol. The normalized spacial score (nSPS) is 11.8. The highest BCUT2D eigenvalue weighted by molar-refractivity contribution is 6.32. The van der Waals surface area contributed by atoms with Crippen LogP contribution >= 0.6 is 11.6 Å². The lowest BCUT2D eigenvalue weighted by molar-refractivity contribution is -0.111. The van der Waals surface area contributed by atoms with Crippen molar-refractivity contribution >= 4 is 35.2 Å². The van der Waals surface area contributed by atoms with E-state index in [-0.39, 0.29) is 17.9 Å². The zero-order valence-electron chi connectivity index (χ0n) is 15.9. The summed E-state index contributed by atoms with van der Waals surface area (Å²) in [6.07, 6.45) is 3.03. The number of amides is 2. The first kappa shape index (κ1) is 20.4. The molecule has 0 aromatic heterocycles. The molecule has 0 saturated carbocycles. The summed E-state index contributed by atoms with van der Waals surface area (Å²) in [4.78, 5) is 25.1. The summed E-state index contributed by atoms with van der Waals surface area (Å²) in [5.74, 6) is -0.603. The summed E-state index contributed by atoms with van der Waals surface area (Å²) in [6, 6.07) is 23.7. The molecule has 0 spiro atoms. The number of hydrogen-bond acceptors (Lipinski definition) is 2. The number of benzene rings is 3. The molecule has 0 unspecified atom stereocenters. The maximum Gasteiger partial charge on any atom is 0.253 e. The van der Waals surface area contributed by atoms with E-state index in [2.05, 4.69) is 10.6 Å². The van der Waals surface area contributed by atoms with Gasteiger partial charge in [0.05, 0.1) is 17.3 Å². The molecular weight excluding hydrogens is 384 g/mol. The molecular formula is C24H21ClN2O2. The van der Waals surface area contributed by atoms with Crippen LogP contribution < -0.4 is 10.6 Å². The highest BCUT2D eigenvalue weighted by Gasteiger charge is 2.15. The molecule has 0 bridgehead atoms. The molecule has 0 aliphatic heterocycles. The maximum absolute atomic E-state index is 12.8. The zero-order valence-corrected chi connectivity index (χ0v) is 16.7. The summed E-state index contributed by atoms with van der Waals surface area (Å²) in [5, 5.41) is 6.29. The first-order valence-corrected chi connectivity index (χ1v) is 9.61. The van der Waals surface area contributed by atoms with Crippen molar-refractivity contribution in [2.75, 3.05) is 5.32 Å². The summed E-state index contributed by atoms with van der Waals surface area (Å²) in [7, 11) is 0. The van der Waals surface area contributed by atoms with E-state index in [0.717, 1.165) is 11.1 Å². The molecule has 2 amide bonds. The van der Waals surface area contributed by atoms with E-state index >= 15 is 0 Å². The fraction of sp³-hybridized carbons (Fsp3) is 0.0833. The van der Waals surface area contributed by atoms with Gasteiger partial charge in [-0.05, 0) is 42.3 Å². The van der Waals surface area contributed by atoms with E-state index < -0.39 is 0 Å². The molecule has 3 aromatic carbocycles. The van der Waals surface area contributed by atoms with Crippen molar-refractivity contribution in [3.05, 3.63) is 107 Å². The topological polar surface area (TPSA) is 58.2 Å². The van der Waals surface area contributed by atoms with E-state index in [9.17, 15) is 9.59 Å². The number of anilines is 1. The molecule has 3 rings (SSSR count). The smallest absolute Gasteiger partial charge is 0.253 e. The predicted molar refractivity (Wildman–Crippen MR) is 118 cm³/mol. The highest BCUT2D eigenvalue weighted by atomic mass is 35.5. The Kier molecular flexibility index (Phi) is 6.82. The zero-order chi connectivity index (χ0) is 20.6. The average molecular weight is 405 g/mol. The van der Waals surface area contributed by atoms with Crippen LogP contribution in [0.1, 0.15) is 34.5 Å². The van der Waals surface area contributed by atoms with Gasteiger partial charge in [0.2, 0.25) is 5.91 Å². The van der Waals surface area contributed by atoms with Crippen LogP contribution in [0.4, 0.5) is 5.69 Å². The third-order valence-corrected chi connectivity index (χ3v) is 4.74. The van der Waals surface area contributed by atoms with Crippen molar-refractivity contribution in [1.82, 2.24) is 5.32 Å². The summed E-state index contributed by atoms with van der Waals surface area (Å²) in [6.45, 7) is 1.92. The lowest BCUT2D eigenvalue weighted by Gasteiger charge is -2.16. The van der Waals surface area contributed by atoms with Crippen molar-refractivity contribution in [1.29, 1.82) is 0 Å². The standard InChI is InChI=1S/C24H21ClN2O2/c1-17(18-9-3-2-4-10-18)26-24(29)20-12-6-8-14-22(20)27-23(28)16-15-19-11-5-7-13-21(19)25/h2-17H,1H3,(H,26,29)(H,27,28)/b16-15+/t17-/m0/s1. The SMILES string of the molecule is C[C@H](NC(=O)c1ccccc1NC(=O)/C=C/c1ccccc1Cl)c1ccccc1. The molecule has 0 heterocycles. The first-order valence-electron chi connectivity index (χ1n) is 9.23. The summed E-state index contributed by atoms with van der Waals surface area (Å²) in [5.41, 5.74) is 2.59. The average Bonchev–Trinajstić information content (AvgIpc) is 2.74. The third kappa shape index (κ3) is 5.56. The Hall–Kier alpha value is -3.37. The van der Waals surface area contributed by atoms with Gasteiger partial charge in [0.15, 0.2) is 0 Å². The Morgan fingerprint density at radius 3 is 2.31 bits per heavy atom. The number of halogens is 1. The van der Waals surface area contributed by atoms with Crippen LogP contribution in [0.3, 0.4) is 0 Å². The molecule has 4 nitrogen and oxygen atoms in total. The van der Waals surface area contributed by atoms with Crippen LogP contribution in [0.5, 0.6) is 0 Å². The number of rotatable bonds is 6. The van der Waals surface area contributed by atoms with Crippen LogP contribution in [-0.4, -0.2) is 11.8 Å². The largest absolute Gasteiger partial charge is 0.345 e. The van der Waals surface area contributed by atoms with E-state index in [4.69, 9.17) is 11.6 Å². The van der Waals surface area contributed by atoms with Gasteiger partial charge in [0.1, 0.15) is 0 Å². The summed E-state index contributed by atoms with van der Waals surface area (Å²) >= 11 is 6.10. The highest BCUT2D eigenvalue weighted by Crippen LogP contribution is 2.19. The molecule has 0 fully saturated rings. The van der Waals surface area contributed by atoms with Crippen LogP contribution in [0, 0.1) is 0 Å². The van der Waals surface area contributed by atoms with E-state index in [1.54, 1.807) is 36.4 Å². The molecule has 3 aromatic rings. The number of carbonyl (C=O) groups excluding carboxylic acids is 2. The van der Waals surface area contributed by atoms with Gasteiger partial charge in [-0.15, -0.1) is 0 Å². The molecule has 0 radical (unpaired) electrons. The van der Waals surface area contributed by atoms with Gasteiger partial charge >= 0.3 is 0 Å². The van der Waals surface area contributed by atoms with E-state index in [1.165, 1.54) is 6.08 Å². The van der Waals surface area contributed by atoms with Crippen molar-refractivity contribution in [3.8, 4) is 0 Å². The quantitative estimate of drug-likeness (QED) is 0.534. The molecule has 2 N–H and O–H groups in total. The van der Waals surface area contributed by atoms with Crippen molar-refractivity contribution in [2.45, 2.75) is 13.0 Å². The number of nitrogens with one attached hydrogen (secondary N) is 2. The number of hydrogen-bond donors (Lipinski definition) is 2. The van der Waals surface area contributed by atoms with Gasteiger partial charge in [-0.1, -0.05) is 72.3 Å². The molecule has 5 heteroatoms. The predicted octanol–water partition coefficient (Wildman–Crippen LogP) is 5.48. The lowest BCUT2D eigenvalue weighted by Crippen LogP contribution is -2.27. The van der Waals surface area contributed by atoms with Crippen LogP contribution in [0.15, 0.2) is 84.9 Å². The van der Waals surface area contributed by atoms with Gasteiger partial charge in [-0.25, -0.2) is 0 Å². The van der Waals surface area contributed by atoms with Crippen molar-refractivity contribution in [2.24, 2.45) is 0 Å².